The van der Waals surface area contributed by atoms with Crippen LogP contribution in [0, 0.1) is 6.92 Å². The molecular weight excluding hydrogens is 450 g/mol. The van der Waals surface area contributed by atoms with Crippen LogP contribution >= 0.6 is 11.6 Å². The second-order valence-electron chi connectivity index (χ2n) is 8.16. The summed E-state index contributed by atoms with van der Waals surface area (Å²) in [6.45, 7) is 2.24. The van der Waals surface area contributed by atoms with Crippen LogP contribution in [0.4, 0.5) is 0 Å². The van der Waals surface area contributed by atoms with Gasteiger partial charge in [0.2, 0.25) is 5.75 Å². The van der Waals surface area contributed by atoms with Crippen molar-refractivity contribution in [3.05, 3.63) is 56.2 Å². The van der Waals surface area contributed by atoms with Crippen LogP contribution in [0.3, 0.4) is 0 Å². The minimum absolute atomic E-state index is 0.109. The number of benzene rings is 1. The van der Waals surface area contributed by atoms with Crippen LogP contribution in [-0.2, 0) is 22.7 Å². The summed E-state index contributed by atoms with van der Waals surface area (Å²) < 4.78 is 1.24. The maximum absolute atomic E-state index is 12.8. The van der Waals surface area contributed by atoms with Crippen LogP contribution in [0.25, 0.3) is 0 Å². The number of hydrogen-bond donors (Lipinski definition) is 2. The molecular formula is C22H26ClN5O5. The third-order valence-electron chi connectivity index (χ3n) is 5.61. The number of carbonyl (C=O) groups is 3. The normalized spacial score (nSPS) is 14.9. The third-order valence-corrected chi connectivity index (χ3v) is 6.02. The van der Waals surface area contributed by atoms with Crippen molar-refractivity contribution in [1.29, 1.82) is 0 Å². The number of amides is 3. The summed E-state index contributed by atoms with van der Waals surface area (Å²) in [4.78, 5) is 56.9. The molecule has 33 heavy (non-hydrogen) atoms. The molecule has 0 saturated heterocycles. The molecule has 10 nitrogen and oxygen atoms in total. The number of aromatic hydroxyl groups is 1. The Labute approximate surface area is 195 Å². The van der Waals surface area contributed by atoms with Crippen molar-refractivity contribution < 1.29 is 19.5 Å². The van der Waals surface area contributed by atoms with Crippen molar-refractivity contribution in [1.82, 2.24) is 24.7 Å². The van der Waals surface area contributed by atoms with E-state index in [1.165, 1.54) is 30.6 Å². The first kappa shape index (κ1) is 24.2. The van der Waals surface area contributed by atoms with E-state index in [4.69, 9.17) is 11.6 Å². The highest BCUT2D eigenvalue weighted by Crippen LogP contribution is 2.29. The Morgan fingerprint density at radius 2 is 1.94 bits per heavy atom. The SMILES string of the molecule is Cc1ccc(CNC(=O)c2nc3n(c(=O)c2O)CCCC3N(C)C(=O)C(=O)N(C)C)cc1Cl. The van der Waals surface area contributed by atoms with Gasteiger partial charge in [0.25, 0.3) is 11.5 Å². The van der Waals surface area contributed by atoms with Gasteiger partial charge in [-0.15, -0.1) is 0 Å². The van der Waals surface area contributed by atoms with Crippen LogP contribution in [0.1, 0.15) is 46.3 Å². The lowest BCUT2D eigenvalue weighted by molar-refractivity contribution is -0.151. The van der Waals surface area contributed by atoms with Crippen LogP contribution in [-0.4, -0.2) is 63.3 Å². The molecule has 0 saturated carbocycles. The van der Waals surface area contributed by atoms with Crippen molar-refractivity contribution in [3.8, 4) is 5.75 Å². The predicted molar refractivity (Wildman–Crippen MR) is 121 cm³/mol. The molecule has 1 aliphatic heterocycles. The van der Waals surface area contributed by atoms with Gasteiger partial charge in [-0.2, -0.15) is 0 Å². The van der Waals surface area contributed by atoms with Crippen molar-refractivity contribution in [3.63, 3.8) is 0 Å². The molecule has 1 atom stereocenters. The van der Waals surface area contributed by atoms with Gasteiger partial charge in [-0.05, 0) is 37.0 Å². The maximum atomic E-state index is 12.8. The molecule has 1 aromatic heterocycles. The molecule has 176 valence electrons. The number of halogens is 1. The average Bonchev–Trinajstić information content (AvgIpc) is 2.79. The lowest BCUT2D eigenvalue weighted by atomic mass is 10.0. The van der Waals surface area contributed by atoms with Gasteiger partial charge in [-0.25, -0.2) is 4.98 Å². The summed E-state index contributed by atoms with van der Waals surface area (Å²) in [5, 5.41) is 13.6. The van der Waals surface area contributed by atoms with Crippen molar-refractivity contribution in [2.75, 3.05) is 21.1 Å². The van der Waals surface area contributed by atoms with Gasteiger partial charge in [0.05, 0.1) is 6.04 Å². The Bertz CT molecular complexity index is 1180. The van der Waals surface area contributed by atoms with Crippen LogP contribution in [0.5, 0.6) is 5.75 Å². The van der Waals surface area contributed by atoms with Gasteiger partial charge in [-0.1, -0.05) is 23.7 Å². The Hall–Kier alpha value is -3.40. The first-order valence-corrected chi connectivity index (χ1v) is 10.8. The molecule has 0 bridgehead atoms. The van der Waals surface area contributed by atoms with Gasteiger partial charge in [0, 0.05) is 39.3 Å². The number of aryl methyl sites for hydroxylation is 1. The van der Waals surface area contributed by atoms with E-state index < -0.39 is 40.8 Å². The third kappa shape index (κ3) is 4.85. The Kier molecular flexibility index (Phi) is 7.06. The zero-order valence-corrected chi connectivity index (χ0v) is 19.6. The number of likely N-dealkylation sites (N-methyl/N-ethyl adjacent to an activating group) is 2. The van der Waals surface area contributed by atoms with Gasteiger partial charge in [0.15, 0.2) is 5.69 Å². The van der Waals surface area contributed by atoms with Crippen LogP contribution in [0.2, 0.25) is 5.02 Å². The van der Waals surface area contributed by atoms with E-state index in [0.717, 1.165) is 16.0 Å². The molecule has 2 aromatic rings. The van der Waals surface area contributed by atoms with Gasteiger partial charge >= 0.3 is 11.8 Å². The van der Waals surface area contributed by atoms with Gasteiger partial charge < -0.3 is 20.2 Å². The van der Waals surface area contributed by atoms with Crippen LogP contribution < -0.4 is 10.9 Å². The first-order valence-electron chi connectivity index (χ1n) is 10.4. The van der Waals surface area contributed by atoms with Gasteiger partial charge in [0.1, 0.15) is 5.82 Å². The number of nitrogens with zero attached hydrogens (tertiary/aromatic N) is 4. The summed E-state index contributed by atoms with van der Waals surface area (Å²) in [7, 11) is 4.38. The zero-order valence-electron chi connectivity index (χ0n) is 18.9. The largest absolute Gasteiger partial charge is 0.501 e. The number of rotatable bonds is 4. The Morgan fingerprint density at radius 3 is 2.58 bits per heavy atom. The summed E-state index contributed by atoms with van der Waals surface area (Å²) in [6.07, 6.45) is 0.981. The van der Waals surface area contributed by atoms with E-state index in [0.29, 0.717) is 17.9 Å². The molecule has 3 rings (SSSR count). The van der Waals surface area contributed by atoms with E-state index in [-0.39, 0.29) is 18.9 Å². The van der Waals surface area contributed by atoms with Crippen molar-refractivity contribution >= 4 is 29.3 Å². The second-order valence-corrected chi connectivity index (χ2v) is 8.57. The number of aromatic nitrogens is 2. The quantitative estimate of drug-likeness (QED) is 0.640. The minimum Gasteiger partial charge on any atom is -0.501 e. The molecule has 0 aliphatic carbocycles. The lowest BCUT2D eigenvalue weighted by Gasteiger charge is -2.33. The number of nitrogens with one attached hydrogen (secondary N) is 1. The molecule has 11 heteroatoms. The molecule has 1 aliphatic rings. The van der Waals surface area contributed by atoms with E-state index >= 15 is 0 Å². The molecule has 0 spiro atoms. The average molecular weight is 476 g/mol. The number of hydrogen-bond acceptors (Lipinski definition) is 6. The molecule has 3 amide bonds. The summed E-state index contributed by atoms with van der Waals surface area (Å²) in [6, 6.07) is 4.63. The van der Waals surface area contributed by atoms with E-state index in [9.17, 15) is 24.3 Å². The fourth-order valence-corrected chi connectivity index (χ4v) is 3.83. The molecule has 2 heterocycles. The summed E-state index contributed by atoms with van der Waals surface area (Å²) in [5.41, 5.74) is 0.425. The summed E-state index contributed by atoms with van der Waals surface area (Å²) in [5.74, 6) is -2.84. The molecule has 1 unspecified atom stereocenters. The van der Waals surface area contributed by atoms with Crippen molar-refractivity contribution in [2.24, 2.45) is 0 Å². The molecule has 0 fully saturated rings. The lowest BCUT2D eigenvalue weighted by Crippen LogP contribution is -2.45. The predicted octanol–water partition coefficient (Wildman–Crippen LogP) is 1.22. The maximum Gasteiger partial charge on any atom is 0.312 e. The van der Waals surface area contributed by atoms with E-state index in [1.807, 2.05) is 13.0 Å². The number of carbonyl (C=O) groups excluding carboxylic acids is 3. The zero-order chi connectivity index (χ0) is 24.4. The fraction of sp³-hybridized carbons (Fsp3) is 0.409. The van der Waals surface area contributed by atoms with E-state index in [2.05, 4.69) is 10.3 Å². The monoisotopic (exact) mass is 475 g/mol. The highest BCUT2D eigenvalue weighted by Gasteiger charge is 2.34. The van der Waals surface area contributed by atoms with E-state index in [1.54, 1.807) is 12.1 Å². The van der Waals surface area contributed by atoms with Crippen molar-refractivity contribution in [2.45, 2.75) is 38.9 Å². The smallest absolute Gasteiger partial charge is 0.312 e. The summed E-state index contributed by atoms with van der Waals surface area (Å²) >= 11 is 6.12. The Morgan fingerprint density at radius 1 is 1.24 bits per heavy atom. The topological polar surface area (TPSA) is 125 Å². The second kappa shape index (κ2) is 9.62. The molecule has 0 radical (unpaired) electrons. The minimum atomic E-state index is -0.770. The van der Waals surface area contributed by atoms with Gasteiger partial charge in [-0.3, -0.25) is 23.7 Å². The number of fused-ring (bicyclic) bond motifs is 1. The molecule has 1 aromatic carbocycles. The van der Waals surface area contributed by atoms with Crippen LogP contribution in [0.15, 0.2) is 23.0 Å². The first-order chi connectivity index (χ1) is 15.5. The molecule has 2 N–H and O–H groups in total. The highest BCUT2D eigenvalue weighted by molar-refractivity contribution is 6.34. The fourth-order valence-electron chi connectivity index (χ4n) is 3.62. The highest BCUT2D eigenvalue weighted by atomic mass is 35.5. The Balaban J connectivity index is 1.91. The standard InChI is InChI=1S/C22H26ClN5O5/c1-12-7-8-13(10-14(12)23)11-24-19(30)16-17(29)20(31)28-9-5-6-15(18(28)25-16)27(4)22(33)21(32)26(2)3/h7-8,10,15,29H,5-6,9,11H2,1-4H3,(H,24,30).